The first-order valence-electron chi connectivity index (χ1n) is 9.23. The first kappa shape index (κ1) is 24.2. The molecule has 1 saturated heterocycles. The predicted octanol–water partition coefficient (Wildman–Crippen LogP) is -1.67. The number of aliphatic hydroxyl groups is 1. The zero-order valence-electron chi connectivity index (χ0n) is 16.1. The van der Waals surface area contributed by atoms with Gasteiger partial charge in [0.15, 0.2) is 0 Å². The molecule has 0 saturated carbocycles. The standard InChI is InChI=1S/C17H30N4O6S/c1-9(2)6-11(17(26)27)19-14(23)12(8-28)20-15(24)13-4-3-5-21(13)16(25)10(18)7-22/h9-13,22,28H,3-8,18H2,1-2H3,(H,19,23)(H,20,24)(H,26,27). The normalized spacial score (nSPS) is 19.8. The molecule has 0 aliphatic carbocycles. The van der Waals surface area contributed by atoms with Gasteiger partial charge in [0.05, 0.1) is 6.61 Å². The summed E-state index contributed by atoms with van der Waals surface area (Å²) < 4.78 is 0. The number of nitrogens with one attached hydrogen (secondary N) is 2. The van der Waals surface area contributed by atoms with Crippen molar-refractivity contribution in [2.45, 2.75) is 57.3 Å². The SMILES string of the molecule is CC(C)CC(NC(=O)C(CS)NC(=O)C1CCCN1C(=O)C(N)CO)C(=O)O. The van der Waals surface area contributed by atoms with Gasteiger partial charge in [-0.25, -0.2) is 4.79 Å². The Kier molecular flexibility index (Phi) is 9.70. The Hall–Kier alpha value is -1.85. The van der Waals surface area contributed by atoms with Gasteiger partial charge in [-0.2, -0.15) is 12.6 Å². The van der Waals surface area contributed by atoms with Gasteiger partial charge in [0.1, 0.15) is 24.2 Å². The smallest absolute Gasteiger partial charge is 0.326 e. The van der Waals surface area contributed by atoms with Gasteiger partial charge in [-0.1, -0.05) is 13.8 Å². The molecular weight excluding hydrogens is 388 g/mol. The van der Waals surface area contributed by atoms with E-state index in [1.165, 1.54) is 4.90 Å². The molecule has 1 fully saturated rings. The van der Waals surface area contributed by atoms with E-state index in [0.29, 0.717) is 19.4 Å². The number of nitrogens with two attached hydrogens (primary N) is 1. The van der Waals surface area contributed by atoms with E-state index in [1.807, 2.05) is 13.8 Å². The summed E-state index contributed by atoms with van der Waals surface area (Å²) in [6.45, 7) is 3.47. The lowest BCUT2D eigenvalue weighted by molar-refractivity contribution is -0.143. The topological polar surface area (TPSA) is 162 Å². The van der Waals surface area contributed by atoms with Gasteiger partial charge in [0, 0.05) is 12.3 Å². The van der Waals surface area contributed by atoms with Gasteiger partial charge in [0.2, 0.25) is 17.7 Å². The highest BCUT2D eigenvalue weighted by Gasteiger charge is 2.37. The van der Waals surface area contributed by atoms with E-state index in [-0.39, 0.29) is 18.1 Å². The maximum Gasteiger partial charge on any atom is 0.326 e. The Morgan fingerprint density at radius 1 is 1.21 bits per heavy atom. The molecule has 4 unspecified atom stereocenters. The van der Waals surface area contributed by atoms with Crippen molar-refractivity contribution in [3.8, 4) is 0 Å². The average molecular weight is 419 g/mol. The fourth-order valence-corrected chi connectivity index (χ4v) is 3.28. The molecule has 10 nitrogen and oxygen atoms in total. The van der Waals surface area contributed by atoms with Crippen molar-refractivity contribution in [2.75, 3.05) is 18.9 Å². The minimum atomic E-state index is -1.16. The minimum absolute atomic E-state index is 0.0393. The summed E-state index contributed by atoms with van der Waals surface area (Å²) >= 11 is 4.07. The number of amides is 3. The lowest BCUT2D eigenvalue weighted by Gasteiger charge is -2.28. The predicted molar refractivity (Wildman–Crippen MR) is 105 cm³/mol. The molecule has 3 amide bonds. The van der Waals surface area contributed by atoms with Gasteiger partial charge in [-0.3, -0.25) is 14.4 Å². The van der Waals surface area contributed by atoms with E-state index in [4.69, 9.17) is 10.8 Å². The minimum Gasteiger partial charge on any atom is -0.480 e. The highest BCUT2D eigenvalue weighted by atomic mass is 32.1. The van der Waals surface area contributed by atoms with E-state index >= 15 is 0 Å². The van der Waals surface area contributed by atoms with E-state index in [2.05, 4.69) is 23.3 Å². The molecule has 160 valence electrons. The second kappa shape index (κ2) is 11.2. The third-order valence-electron chi connectivity index (χ3n) is 4.49. The number of thiol groups is 1. The van der Waals surface area contributed by atoms with Crippen LogP contribution in [-0.4, -0.2) is 81.9 Å². The summed E-state index contributed by atoms with van der Waals surface area (Å²) in [5.74, 6) is -2.87. The van der Waals surface area contributed by atoms with Crippen LogP contribution in [0.4, 0.5) is 0 Å². The van der Waals surface area contributed by atoms with Crippen molar-refractivity contribution in [1.29, 1.82) is 0 Å². The van der Waals surface area contributed by atoms with Crippen LogP contribution in [-0.2, 0) is 19.2 Å². The van der Waals surface area contributed by atoms with Crippen molar-refractivity contribution in [3.05, 3.63) is 0 Å². The monoisotopic (exact) mass is 418 g/mol. The van der Waals surface area contributed by atoms with Crippen molar-refractivity contribution >= 4 is 36.3 Å². The third kappa shape index (κ3) is 6.64. The fourth-order valence-electron chi connectivity index (χ4n) is 3.02. The summed E-state index contributed by atoms with van der Waals surface area (Å²) in [7, 11) is 0. The number of likely N-dealkylation sites (tertiary alicyclic amines) is 1. The van der Waals surface area contributed by atoms with Crippen LogP contribution >= 0.6 is 12.6 Å². The van der Waals surface area contributed by atoms with E-state index in [9.17, 15) is 24.3 Å². The van der Waals surface area contributed by atoms with Crippen molar-refractivity contribution in [3.63, 3.8) is 0 Å². The Morgan fingerprint density at radius 3 is 2.36 bits per heavy atom. The van der Waals surface area contributed by atoms with Crippen LogP contribution in [0.25, 0.3) is 0 Å². The molecule has 6 N–H and O–H groups in total. The van der Waals surface area contributed by atoms with Crippen LogP contribution in [0.2, 0.25) is 0 Å². The zero-order chi connectivity index (χ0) is 21.4. The van der Waals surface area contributed by atoms with Crippen LogP contribution in [0.15, 0.2) is 0 Å². The molecular formula is C17H30N4O6S. The van der Waals surface area contributed by atoms with Crippen LogP contribution in [0.5, 0.6) is 0 Å². The molecule has 1 rings (SSSR count). The highest BCUT2D eigenvalue weighted by molar-refractivity contribution is 7.80. The van der Waals surface area contributed by atoms with Crippen molar-refractivity contribution in [2.24, 2.45) is 11.7 Å². The first-order chi connectivity index (χ1) is 13.1. The van der Waals surface area contributed by atoms with Gasteiger partial charge in [-0.05, 0) is 25.2 Å². The second-order valence-corrected chi connectivity index (χ2v) is 7.62. The van der Waals surface area contributed by atoms with E-state index in [0.717, 1.165) is 0 Å². The number of aliphatic carboxylic acids is 1. The van der Waals surface area contributed by atoms with Crippen LogP contribution in [0.3, 0.4) is 0 Å². The number of aliphatic hydroxyl groups excluding tert-OH is 1. The molecule has 28 heavy (non-hydrogen) atoms. The van der Waals surface area contributed by atoms with E-state index in [1.54, 1.807) is 0 Å². The Labute approximate surface area is 169 Å². The Morgan fingerprint density at radius 2 is 1.86 bits per heavy atom. The summed E-state index contributed by atoms with van der Waals surface area (Å²) in [5.41, 5.74) is 5.55. The molecule has 0 spiro atoms. The summed E-state index contributed by atoms with van der Waals surface area (Å²) in [4.78, 5) is 49.8. The van der Waals surface area contributed by atoms with Crippen molar-refractivity contribution < 1.29 is 29.4 Å². The summed E-state index contributed by atoms with van der Waals surface area (Å²) in [6, 6.07) is -4.02. The molecule has 0 radical (unpaired) electrons. The number of carboxylic acid groups (broad SMARTS) is 1. The fraction of sp³-hybridized carbons (Fsp3) is 0.765. The highest BCUT2D eigenvalue weighted by Crippen LogP contribution is 2.18. The number of carbonyl (C=O) groups excluding carboxylic acids is 3. The molecule has 0 aromatic heterocycles. The summed E-state index contributed by atoms with van der Waals surface area (Å²) in [5, 5.41) is 23.3. The van der Waals surface area contributed by atoms with Crippen LogP contribution in [0, 0.1) is 5.92 Å². The number of rotatable bonds is 10. The quantitative estimate of drug-likeness (QED) is 0.231. The maximum absolute atomic E-state index is 12.6. The molecule has 0 aromatic carbocycles. The molecule has 0 bridgehead atoms. The van der Waals surface area contributed by atoms with Gasteiger partial charge in [0.25, 0.3) is 0 Å². The number of hydrogen-bond donors (Lipinski definition) is 6. The van der Waals surface area contributed by atoms with E-state index < -0.39 is 54.5 Å². The van der Waals surface area contributed by atoms with Gasteiger partial charge in [-0.15, -0.1) is 0 Å². The third-order valence-corrected chi connectivity index (χ3v) is 4.85. The zero-order valence-corrected chi connectivity index (χ0v) is 17.0. The average Bonchev–Trinajstić information content (AvgIpc) is 3.13. The second-order valence-electron chi connectivity index (χ2n) is 7.25. The number of carboxylic acids is 1. The molecule has 1 aliphatic heterocycles. The summed E-state index contributed by atoms with van der Waals surface area (Å²) in [6.07, 6.45) is 1.25. The number of hydrogen-bond acceptors (Lipinski definition) is 7. The molecule has 1 aliphatic rings. The lowest BCUT2D eigenvalue weighted by Crippen LogP contribution is -2.57. The molecule has 0 aromatic rings. The lowest BCUT2D eigenvalue weighted by atomic mass is 10.0. The van der Waals surface area contributed by atoms with Gasteiger partial charge >= 0.3 is 5.97 Å². The number of nitrogens with zero attached hydrogens (tertiary/aromatic N) is 1. The largest absolute Gasteiger partial charge is 0.480 e. The Bertz CT molecular complexity index is 588. The van der Waals surface area contributed by atoms with Crippen LogP contribution in [0.1, 0.15) is 33.1 Å². The molecule has 4 atom stereocenters. The van der Waals surface area contributed by atoms with Crippen LogP contribution < -0.4 is 16.4 Å². The van der Waals surface area contributed by atoms with Gasteiger partial charge < -0.3 is 31.5 Å². The molecule has 11 heteroatoms. The Balaban J connectivity index is 2.77. The first-order valence-corrected chi connectivity index (χ1v) is 9.86. The molecule has 1 heterocycles. The maximum atomic E-state index is 12.6. The number of carbonyl (C=O) groups is 4. The van der Waals surface area contributed by atoms with Crippen molar-refractivity contribution in [1.82, 2.24) is 15.5 Å².